The van der Waals surface area contributed by atoms with Gasteiger partial charge in [-0.3, -0.25) is 9.59 Å². The standard InChI is InChI=1S/C40H60O14/c1-17(2)19(4)24(41)14-18(3)26-29(44)30(45)27-22-9-8-20-15-21(10-12-39(20,5)23(22)11-13-40(26,27)6)52-38-33(48)34(32(47)35(54-38)36(49)50-7)53-37-31(46)28(43)25(42)16-51-37/h17-21,25,27-28,31-35,37-38,42-44,46-48H,8-16H2,1-7H3/t18-,19-,20+,21+,25-,27+,28+,31-,32+,33-,34+,35+,37+,38-,39+,40-/m1/s1. The first-order valence-electron chi connectivity index (χ1n) is 19.6. The second-order valence-electron chi connectivity index (χ2n) is 17.6. The van der Waals surface area contributed by atoms with Crippen LogP contribution in [0.4, 0.5) is 0 Å². The summed E-state index contributed by atoms with van der Waals surface area (Å²) in [6.45, 7) is 11.9. The molecule has 14 nitrogen and oxygen atoms in total. The highest BCUT2D eigenvalue weighted by Crippen LogP contribution is 2.64. The number of hydrogen-bond acceptors (Lipinski definition) is 14. The van der Waals surface area contributed by atoms with Gasteiger partial charge in [0.1, 0.15) is 42.4 Å². The number of ketones is 2. The van der Waals surface area contributed by atoms with Gasteiger partial charge in [0.05, 0.1) is 25.7 Å². The van der Waals surface area contributed by atoms with Crippen LogP contribution in [0.2, 0.25) is 0 Å². The third-order valence-electron chi connectivity index (χ3n) is 14.1. The van der Waals surface area contributed by atoms with Crippen molar-refractivity contribution in [1.82, 2.24) is 0 Å². The zero-order chi connectivity index (χ0) is 39.6. The molecule has 1 saturated carbocycles. The monoisotopic (exact) mass is 764 g/mol. The molecule has 0 aromatic carbocycles. The van der Waals surface area contributed by atoms with E-state index in [2.05, 4.69) is 13.8 Å². The number of carbonyl (C=O) groups is 3. The highest BCUT2D eigenvalue weighted by atomic mass is 16.7. The minimum Gasteiger partial charge on any atom is -0.504 e. The summed E-state index contributed by atoms with van der Waals surface area (Å²) in [5, 5.41) is 64.2. The van der Waals surface area contributed by atoms with Crippen LogP contribution in [-0.4, -0.2) is 123 Å². The van der Waals surface area contributed by atoms with Crippen molar-refractivity contribution >= 4 is 17.5 Å². The van der Waals surface area contributed by atoms with Crippen LogP contribution in [0, 0.1) is 40.4 Å². The molecule has 6 rings (SSSR count). The number of ether oxygens (including phenoxy) is 5. The molecule has 54 heavy (non-hydrogen) atoms. The van der Waals surface area contributed by atoms with Gasteiger partial charge < -0.3 is 54.3 Å². The normalized spacial score (nSPS) is 43.7. The molecule has 6 N–H and O–H groups in total. The number of aliphatic hydroxyl groups excluding tert-OH is 6. The molecule has 16 atom stereocenters. The van der Waals surface area contributed by atoms with E-state index in [1.54, 1.807) is 0 Å². The average Bonchev–Trinajstić information content (AvgIpc) is 3.34. The van der Waals surface area contributed by atoms with Crippen molar-refractivity contribution in [3.05, 3.63) is 22.5 Å². The Bertz CT molecular complexity index is 1520. The molecule has 4 aliphatic carbocycles. The Morgan fingerprint density at radius 2 is 1.59 bits per heavy atom. The van der Waals surface area contributed by atoms with Crippen molar-refractivity contribution < 1.29 is 68.7 Å². The summed E-state index contributed by atoms with van der Waals surface area (Å²) in [4.78, 5) is 39.7. The predicted molar refractivity (Wildman–Crippen MR) is 190 cm³/mol. The molecule has 0 spiro atoms. The summed E-state index contributed by atoms with van der Waals surface area (Å²) < 4.78 is 28.0. The van der Waals surface area contributed by atoms with Gasteiger partial charge in [0.15, 0.2) is 24.4 Å². The van der Waals surface area contributed by atoms with E-state index in [0.29, 0.717) is 25.7 Å². The maximum absolute atomic E-state index is 13.9. The maximum Gasteiger partial charge on any atom is 0.337 e. The second-order valence-corrected chi connectivity index (χ2v) is 17.6. The van der Waals surface area contributed by atoms with Crippen LogP contribution in [-0.2, 0) is 38.1 Å². The van der Waals surface area contributed by atoms with Gasteiger partial charge in [0, 0.05) is 17.8 Å². The van der Waals surface area contributed by atoms with Crippen molar-refractivity contribution in [2.75, 3.05) is 13.7 Å². The van der Waals surface area contributed by atoms with Crippen molar-refractivity contribution in [3.63, 3.8) is 0 Å². The zero-order valence-corrected chi connectivity index (χ0v) is 32.5. The van der Waals surface area contributed by atoms with Crippen molar-refractivity contribution in [2.45, 2.75) is 154 Å². The van der Waals surface area contributed by atoms with Gasteiger partial charge in [-0.15, -0.1) is 0 Å². The first kappa shape index (κ1) is 41.4. The summed E-state index contributed by atoms with van der Waals surface area (Å²) in [7, 11) is 1.12. The largest absolute Gasteiger partial charge is 0.504 e. The van der Waals surface area contributed by atoms with E-state index in [1.165, 1.54) is 5.57 Å². The molecule has 0 aromatic rings. The molecule has 0 unspecified atom stereocenters. The Hall–Kier alpha value is -2.27. The Morgan fingerprint density at radius 3 is 2.26 bits per heavy atom. The van der Waals surface area contributed by atoms with Crippen molar-refractivity contribution in [3.8, 4) is 0 Å². The summed E-state index contributed by atoms with van der Waals surface area (Å²) >= 11 is 0. The summed E-state index contributed by atoms with van der Waals surface area (Å²) in [5.41, 5.74) is 2.32. The molecule has 6 aliphatic rings. The maximum atomic E-state index is 13.9. The van der Waals surface area contributed by atoms with Crippen molar-refractivity contribution in [1.29, 1.82) is 0 Å². The van der Waals surface area contributed by atoms with Gasteiger partial charge in [-0.1, -0.05) is 52.7 Å². The van der Waals surface area contributed by atoms with Gasteiger partial charge >= 0.3 is 5.97 Å². The first-order valence-corrected chi connectivity index (χ1v) is 19.6. The lowest BCUT2D eigenvalue weighted by atomic mass is 9.50. The quantitative estimate of drug-likeness (QED) is 0.139. The van der Waals surface area contributed by atoms with E-state index < -0.39 is 78.7 Å². The second kappa shape index (κ2) is 15.6. The zero-order valence-electron chi connectivity index (χ0n) is 32.5. The summed E-state index contributed by atoms with van der Waals surface area (Å²) in [5.74, 6) is -1.63. The van der Waals surface area contributed by atoms with Crippen LogP contribution in [0.5, 0.6) is 0 Å². The van der Waals surface area contributed by atoms with Gasteiger partial charge in [-0.25, -0.2) is 4.79 Å². The molecule has 0 bridgehead atoms. The summed E-state index contributed by atoms with van der Waals surface area (Å²) in [6, 6.07) is 0. The van der Waals surface area contributed by atoms with Crippen LogP contribution in [0.15, 0.2) is 22.5 Å². The van der Waals surface area contributed by atoms with Crippen LogP contribution in [0.3, 0.4) is 0 Å². The molecule has 0 aromatic heterocycles. The molecular formula is C40H60O14. The Kier molecular flexibility index (Phi) is 11.9. The smallest absolute Gasteiger partial charge is 0.337 e. The number of hydrogen-bond donors (Lipinski definition) is 6. The van der Waals surface area contributed by atoms with E-state index in [4.69, 9.17) is 23.7 Å². The van der Waals surface area contributed by atoms with E-state index in [0.717, 1.165) is 37.5 Å². The Labute approximate surface area is 316 Å². The number of carbonyl (C=O) groups excluding carboxylic acids is 3. The van der Waals surface area contributed by atoms with Crippen LogP contribution in [0.1, 0.15) is 92.9 Å². The lowest BCUT2D eigenvalue weighted by molar-refractivity contribution is -0.350. The van der Waals surface area contributed by atoms with Gasteiger partial charge in [0.25, 0.3) is 0 Å². The Morgan fingerprint density at radius 1 is 0.889 bits per heavy atom. The minimum absolute atomic E-state index is 0.106. The molecule has 0 radical (unpaired) electrons. The van der Waals surface area contributed by atoms with E-state index in [-0.39, 0.29) is 59.4 Å². The predicted octanol–water partition coefficient (Wildman–Crippen LogP) is 2.41. The Balaban J connectivity index is 1.17. The number of allylic oxidation sites excluding steroid dienone is 4. The number of aliphatic hydroxyl groups is 6. The lowest BCUT2D eigenvalue weighted by Crippen LogP contribution is -2.64. The number of methoxy groups -OCH3 is 1. The number of esters is 1. The first-order chi connectivity index (χ1) is 25.3. The van der Waals surface area contributed by atoms with Gasteiger partial charge in [-0.05, 0) is 73.7 Å². The fourth-order valence-corrected chi connectivity index (χ4v) is 10.5. The van der Waals surface area contributed by atoms with Crippen LogP contribution < -0.4 is 0 Å². The molecule has 2 heterocycles. The number of Topliss-reactive ketones (excluding diaryl/α,β-unsaturated/α-hetero) is 2. The SMILES string of the molecule is COC(=O)[C@H]1O[C@@H](O[C@H]2CC[C@]3(C)C4=C(CC[C@H]3C2)[C@H]2C(=O)C(O)=C([C@H](C)CC(=O)[C@H](C)C(C)C)[C@@]2(C)CC4)[C@H](O)[C@@H](O[C@@H]2OC[C@@H](O)[C@H](O)[C@H]2O)[C@@H]1O. The van der Waals surface area contributed by atoms with Gasteiger partial charge in [-0.2, -0.15) is 0 Å². The third kappa shape index (κ3) is 7.02. The van der Waals surface area contributed by atoms with E-state index in [1.807, 2.05) is 27.7 Å². The highest BCUT2D eigenvalue weighted by molar-refractivity contribution is 6.02. The molecule has 2 saturated heterocycles. The number of fused-ring (bicyclic) bond motifs is 4. The topological polar surface area (TPSA) is 219 Å². The molecular weight excluding hydrogens is 704 g/mol. The average molecular weight is 765 g/mol. The van der Waals surface area contributed by atoms with Crippen LogP contribution in [0.25, 0.3) is 0 Å². The highest BCUT2D eigenvalue weighted by Gasteiger charge is 2.60. The lowest BCUT2D eigenvalue weighted by Gasteiger charge is -2.54. The summed E-state index contributed by atoms with van der Waals surface area (Å²) in [6.07, 6.45) is -9.48. The molecule has 14 heteroatoms. The minimum atomic E-state index is -1.75. The fraction of sp³-hybridized carbons (Fsp3) is 0.825. The fourth-order valence-electron chi connectivity index (χ4n) is 10.5. The third-order valence-corrected chi connectivity index (χ3v) is 14.1. The van der Waals surface area contributed by atoms with Crippen LogP contribution >= 0.6 is 0 Å². The number of rotatable bonds is 10. The van der Waals surface area contributed by atoms with Crippen molar-refractivity contribution in [2.24, 2.45) is 40.4 Å². The van der Waals surface area contributed by atoms with Gasteiger partial charge in [0.2, 0.25) is 5.78 Å². The molecule has 0 amide bonds. The van der Waals surface area contributed by atoms with E-state index in [9.17, 15) is 45.0 Å². The molecule has 2 aliphatic heterocycles. The molecule has 304 valence electrons. The van der Waals surface area contributed by atoms with E-state index >= 15 is 0 Å². The molecule has 3 fully saturated rings.